The minimum atomic E-state index is 0.108. The topological polar surface area (TPSA) is 53.0 Å². The maximum absolute atomic E-state index is 11.9. The van der Waals surface area contributed by atoms with Crippen LogP contribution in [-0.4, -0.2) is 73.4 Å². The summed E-state index contributed by atoms with van der Waals surface area (Å²) in [5.41, 5.74) is 0. The summed E-state index contributed by atoms with van der Waals surface area (Å²) in [6.07, 6.45) is 0.996. The Hall–Kier alpha value is -0.650. The molecule has 0 bridgehead atoms. The van der Waals surface area contributed by atoms with Crippen molar-refractivity contribution >= 4 is 5.91 Å². The third-order valence-corrected chi connectivity index (χ3v) is 2.68. The zero-order valence-corrected chi connectivity index (χ0v) is 10.0. The molecule has 0 aromatic rings. The van der Waals surface area contributed by atoms with Crippen LogP contribution in [0.2, 0.25) is 0 Å². The van der Waals surface area contributed by atoms with E-state index in [0.29, 0.717) is 39.4 Å². The van der Waals surface area contributed by atoms with Crippen molar-refractivity contribution in [1.29, 1.82) is 0 Å². The molecule has 1 fully saturated rings. The van der Waals surface area contributed by atoms with Gasteiger partial charge in [-0.15, -0.1) is 0 Å². The Morgan fingerprint density at radius 1 is 1.38 bits per heavy atom. The summed E-state index contributed by atoms with van der Waals surface area (Å²) in [4.78, 5) is 15.7. The highest BCUT2D eigenvalue weighted by Gasteiger charge is 2.18. The molecule has 0 aliphatic carbocycles. The van der Waals surface area contributed by atoms with Crippen LogP contribution >= 0.6 is 0 Å². The first-order valence-corrected chi connectivity index (χ1v) is 5.96. The standard InChI is InChI=1S/C11H22N2O3/c1-2-3-12(4-7-14)10-11(15)13-5-8-16-9-6-13/h14H,2-10H2,1H3. The number of amides is 1. The fourth-order valence-corrected chi connectivity index (χ4v) is 1.83. The SMILES string of the molecule is CCCN(CCO)CC(=O)N1CCOCC1. The zero-order valence-electron chi connectivity index (χ0n) is 10.0. The molecule has 0 spiro atoms. The van der Waals surface area contributed by atoms with Crippen LogP contribution in [-0.2, 0) is 9.53 Å². The molecule has 0 aromatic carbocycles. The molecule has 0 saturated carbocycles. The molecular weight excluding hydrogens is 208 g/mol. The predicted molar refractivity (Wildman–Crippen MR) is 61.2 cm³/mol. The molecule has 16 heavy (non-hydrogen) atoms. The monoisotopic (exact) mass is 230 g/mol. The molecular formula is C11H22N2O3. The first kappa shape index (κ1) is 13.4. The van der Waals surface area contributed by atoms with Gasteiger partial charge in [0.15, 0.2) is 0 Å². The molecule has 5 nitrogen and oxygen atoms in total. The van der Waals surface area contributed by atoms with Crippen LogP contribution in [0.5, 0.6) is 0 Å². The summed E-state index contributed by atoms with van der Waals surface area (Å²) in [6.45, 7) is 6.68. The van der Waals surface area contributed by atoms with E-state index < -0.39 is 0 Å². The highest BCUT2D eigenvalue weighted by atomic mass is 16.5. The van der Waals surface area contributed by atoms with Crippen LogP contribution < -0.4 is 0 Å². The lowest BCUT2D eigenvalue weighted by molar-refractivity contribution is -0.136. The van der Waals surface area contributed by atoms with E-state index >= 15 is 0 Å². The smallest absolute Gasteiger partial charge is 0.236 e. The van der Waals surface area contributed by atoms with Gasteiger partial charge in [0.25, 0.3) is 0 Å². The van der Waals surface area contributed by atoms with Crippen molar-refractivity contribution in [3.8, 4) is 0 Å². The Labute approximate surface area is 97.0 Å². The van der Waals surface area contributed by atoms with E-state index in [1.807, 2.05) is 9.80 Å². The van der Waals surface area contributed by atoms with E-state index in [9.17, 15) is 4.79 Å². The highest BCUT2D eigenvalue weighted by molar-refractivity contribution is 5.78. The normalized spacial score (nSPS) is 16.8. The second-order valence-corrected chi connectivity index (χ2v) is 3.99. The maximum Gasteiger partial charge on any atom is 0.236 e. The Balaban J connectivity index is 2.33. The lowest BCUT2D eigenvalue weighted by atomic mass is 10.3. The van der Waals surface area contributed by atoms with Crippen LogP contribution in [0.15, 0.2) is 0 Å². The van der Waals surface area contributed by atoms with Crippen molar-refractivity contribution in [3.63, 3.8) is 0 Å². The van der Waals surface area contributed by atoms with Crippen molar-refractivity contribution in [2.45, 2.75) is 13.3 Å². The largest absolute Gasteiger partial charge is 0.395 e. The second-order valence-electron chi connectivity index (χ2n) is 3.99. The molecule has 0 aromatic heterocycles. The van der Waals surface area contributed by atoms with Crippen LogP contribution in [0.4, 0.5) is 0 Å². The Kier molecular flexibility index (Phi) is 6.37. The molecule has 1 N–H and O–H groups in total. The van der Waals surface area contributed by atoms with E-state index in [-0.39, 0.29) is 12.5 Å². The van der Waals surface area contributed by atoms with Gasteiger partial charge in [0, 0.05) is 19.6 Å². The molecule has 0 unspecified atom stereocenters. The molecule has 1 amide bonds. The van der Waals surface area contributed by atoms with Crippen molar-refractivity contribution in [3.05, 3.63) is 0 Å². The maximum atomic E-state index is 11.9. The minimum absolute atomic E-state index is 0.108. The predicted octanol–water partition coefficient (Wildman–Crippen LogP) is -0.450. The van der Waals surface area contributed by atoms with Gasteiger partial charge in [0.1, 0.15) is 0 Å². The van der Waals surface area contributed by atoms with E-state index in [1.165, 1.54) is 0 Å². The molecule has 1 aliphatic heterocycles. The Bertz CT molecular complexity index is 199. The first-order valence-electron chi connectivity index (χ1n) is 5.96. The van der Waals surface area contributed by atoms with Gasteiger partial charge in [-0.2, -0.15) is 0 Å². The summed E-state index contributed by atoms with van der Waals surface area (Å²) in [6, 6.07) is 0. The average Bonchev–Trinajstić information content (AvgIpc) is 2.31. The van der Waals surface area contributed by atoms with E-state index in [0.717, 1.165) is 13.0 Å². The zero-order chi connectivity index (χ0) is 11.8. The van der Waals surface area contributed by atoms with Gasteiger partial charge in [-0.1, -0.05) is 6.92 Å². The molecule has 1 heterocycles. The van der Waals surface area contributed by atoms with Gasteiger partial charge >= 0.3 is 0 Å². The summed E-state index contributed by atoms with van der Waals surface area (Å²) in [5.74, 6) is 0.144. The van der Waals surface area contributed by atoms with Gasteiger partial charge < -0.3 is 14.7 Å². The molecule has 0 radical (unpaired) electrons. The lowest BCUT2D eigenvalue weighted by Crippen LogP contribution is -2.46. The van der Waals surface area contributed by atoms with E-state index in [4.69, 9.17) is 9.84 Å². The third-order valence-electron chi connectivity index (χ3n) is 2.68. The van der Waals surface area contributed by atoms with Gasteiger partial charge in [0.2, 0.25) is 5.91 Å². The van der Waals surface area contributed by atoms with Crippen molar-refractivity contribution < 1.29 is 14.6 Å². The second kappa shape index (κ2) is 7.60. The van der Waals surface area contributed by atoms with Crippen molar-refractivity contribution in [1.82, 2.24) is 9.80 Å². The number of carbonyl (C=O) groups excluding carboxylic acids is 1. The van der Waals surface area contributed by atoms with Gasteiger partial charge in [-0.05, 0) is 13.0 Å². The third kappa shape index (κ3) is 4.47. The highest BCUT2D eigenvalue weighted by Crippen LogP contribution is 2.00. The minimum Gasteiger partial charge on any atom is -0.395 e. The molecule has 1 aliphatic rings. The number of aliphatic hydroxyl groups excluding tert-OH is 1. The molecule has 0 atom stereocenters. The van der Waals surface area contributed by atoms with Crippen LogP contribution in [0, 0.1) is 0 Å². The summed E-state index contributed by atoms with van der Waals surface area (Å²) in [5, 5.41) is 8.90. The van der Waals surface area contributed by atoms with Crippen LogP contribution in [0.1, 0.15) is 13.3 Å². The quantitative estimate of drug-likeness (QED) is 0.671. The van der Waals surface area contributed by atoms with Gasteiger partial charge in [0.05, 0.1) is 26.4 Å². The number of rotatable bonds is 6. The number of hydrogen-bond acceptors (Lipinski definition) is 4. The van der Waals surface area contributed by atoms with Crippen molar-refractivity contribution in [2.75, 3.05) is 52.5 Å². The lowest BCUT2D eigenvalue weighted by Gasteiger charge is -2.29. The molecule has 94 valence electrons. The number of carbonyl (C=O) groups is 1. The van der Waals surface area contributed by atoms with E-state index in [2.05, 4.69) is 6.92 Å². The van der Waals surface area contributed by atoms with Crippen molar-refractivity contribution in [2.24, 2.45) is 0 Å². The Morgan fingerprint density at radius 2 is 2.06 bits per heavy atom. The summed E-state index contributed by atoms with van der Waals surface area (Å²) in [7, 11) is 0. The average molecular weight is 230 g/mol. The van der Waals surface area contributed by atoms with Crippen LogP contribution in [0.3, 0.4) is 0 Å². The van der Waals surface area contributed by atoms with Gasteiger partial charge in [-0.3, -0.25) is 9.69 Å². The molecule has 1 saturated heterocycles. The van der Waals surface area contributed by atoms with Crippen LogP contribution in [0.25, 0.3) is 0 Å². The van der Waals surface area contributed by atoms with Gasteiger partial charge in [-0.25, -0.2) is 0 Å². The fourth-order valence-electron chi connectivity index (χ4n) is 1.83. The Morgan fingerprint density at radius 3 is 2.62 bits per heavy atom. The number of aliphatic hydroxyl groups is 1. The number of ether oxygens (including phenoxy) is 1. The number of hydrogen-bond donors (Lipinski definition) is 1. The summed E-state index contributed by atoms with van der Waals surface area (Å²) >= 11 is 0. The number of nitrogens with zero attached hydrogens (tertiary/aromatic N) is 2. The molecule has 5 heteroatoms. The first-order chi connectivity index (χ1) is 7.77. The van der Waals surface area contributed by atoms with E-state index in [1.54, 1.807) is 0 Å². The fraction of sp³-hybridized carbons (Fsp3) is 0.909. The molecule has 1 rings (SSSR count). The summed E-state index contributed by atoms with van der Waals surface area (Å²) < 4.78 is 5.20. The number of morpholine rings is 1.